The Morgan fingerprint density at radius 1 is 1.48 bits per heavy atom. The second kappa shape index (κ2) is 5.83. The summed E-state index contributed by atoms with van der Waals surface area (Å²) < 4.78 is 14.1. The van der Waals surface area contributed by atoms with E-state index in [2.05, 4.69) is 26.2 Å². The molecule has 7 nitrogen and oxygen atoms in total. The third kappa shape index (κ3) is 3.14. The molecule has 0 bridgehead atoms. The lowest BCUT2D eigenvalue weighted by atomic mass is 10.2. The molecule has 0 unspecified atom stereocenters. The van der Waals surface area contributed by atoms with E-state index in [0.717, 1.165) is 12.3 Å². The van der Waals surface area contributed by atoms with Gasteiger partial charge in [0.1, 0.15) is 23.4 Å². The van der Waals surface area contributed by atoms with Crippen LogP contribution in [0.15, 0.2) is 34.9 Å². The number of aromatic carboxylic acids is 1. The van der Waals surface area contributed by atoms with Crippen LogP contribution in [0.1, 0.15) is 10.4 Å². The number of rotatable bonds is 4. The molecular formula is C12H7BrFN3O4. The molecule has 0 saturated carbocycles. The van der Waals surface area contributed by atoms with Crippen molar-refractivity contribution >= 4 is 39.1 Å². The molecule has 0 spiro atoms. The number of hydrogen-bond donors (Lipinski definition) is 2. The average Bonchev–Trinajstić information content (AvgIpc) is 2.42. The normalized spacial score (nSPS) is 10.2. The van der Waals surface area contributed by atoms with Crippen molar-refractivity contribution in [3.05, 3.63) is 56.4 Å². The van der Waals surface area contributed by atoms with Crippen LogP contribution < -0.4 is 5.32 Å². The monoisotopic (exact) mass is 355 g/mol. The van der Waals surface area contributed by atoms with E-state index in [4.69, 9.17) is 5.11 Å². The third-order valence-electron chi connectivity index (χ3n) is 2.53. The molecule has 0 fully saturated rings. The SMILES string of the molecule is O=C(O)c1cc(Nc2c(F)cccc2Br)ncc1[N+](=O)[O-]. The van der Waals surface area contributed by atoms with Crippen LogP contribution in [0.4, 0.5) is 21.6 Å². The second-order valence-electron chi connectivity index (χ2n) is 3.87. The van der Waals surface area contributed by atoms with Crippen LogP contribution in [0.25, 0.3) is 0 Å². The molecule has 0 aliphatic heterocycles. The molecule has 1 aromatic heterocycles. The van der Waals surface area contributed by atoms with Gasteiger partial charge in [0.15, 0.2) is 0 Å². The fraction of sp³-hybridized carbons (Fsp3) is 0. The average molecular weight is 356 g/mol. The Morgan fingerprint density at radius 2 is 2.19 bits per heavy atom. The van der Waals surface area contributed by atoms with Gasteiger partial charge in [-0.05, 0) is 28.1 Å². The first-order valence-electron chi connectivity index (χ1n) is 5.49. The van der Waals surface area contributed by atoms with E-state index in [1.54, 1.807) is 6.07 Å². The van der Waals surface area contributed by atoms with E-state index >= 15 is 0 Å². The van der Waals surface area contributed by atoms with Crippen molar-refractivity contribution in [1.29, 1.82) is 0 Å². The minimum atomic E-state index is -1.47. The number of para-hydroxylation sites is 1. The number of pyridine rings is 1. The van der Waals surface area contributed by atoms with Gasteiger partial charge in [0.2, 0.25) is 0 Å². The lowest BCUT2D eigenvalue weighted by molar-refractivity contribution is -0.385. The van der Waals surface area contributed by atoms with Gasteiger partial charge in [0.25, 0.3) is 0 Å². The quantitative estimate of drug-likeness (QED) is 0.643. The van der Waals surface area contributed by atoms with Crippen LogP contribution >= 0.6 is 15.9 Å². The Labute approximate surface area is 125 Å². The van der Waals surface area contributed by atoms with Gasteiger partial charge >= 0.3 is 11.7 Å². The standard InChI is InChI=1S/C12H7BrFN3O4/c13-7-2-1-3-8(14)11(7)16-10-4-6(12(18)19)9(5-15-10)17(20)21/h1-5H,(H,15,16)(H,18,19). The van der Waals surface area contributed by atoms with E-state index in [1.807, 2.05) is 0 Å². The fourth-order valence-electron chi connectivity index (χ4n) is 1.58. The number of nitro groups is 1. The van der Waals surface area contributed by atoms with Gasteiger partial charge < -0.3 is 10.4 Å². The Hall–Kier alpha value is -2.55. The van der Waals surface area contributed by atoms with Crippen molar-refractivity contribution in [2.45, 2.75) is 0 Å². The maximum Gasteiger partial charge on any atom is 0.342 e. The van der Waals surface area contributed by atoms with Gasteiger partial charge in [-0.15, -0.1) is 0 Å². The predicted molar refractivity (Wildman–Crippen MR) is 75.2 cm³/mol. The van der Waals surface area contributed by atoms with Crippen LogP contribution in [0.2, 0.25) is 0 Å². The van der Waals surface area contributed by atoms with Crippen molar-refractivity contribution in [2.24, 2.45) is 0 Å². The van der Waals surface area contributed by atoms with E-state index in [-0.39, 0.29) is 11.5 Å². The minimum Gasteiger partial charge on any atom is -0.477 e. The number of anilines is 2. The van der Waals surface area contributed by atoms with E-state index < -0.39 is 28.0 Å². The molecule has 2 rings (SSSR count). The number of benzene rings is 1. The van der Waals surface area contributed by atoms with Crippen molar-refractivity contribution in [1.82, 2.24) is 4.98 Å². The first-order chi connectivity index (χ1) is 9.90. The summed E-state index contributed by atoms with van der Waals surface area (Å²) in [6.45, 7) is 0. The number of nitrogens with one attached hydrogen (secondary N) is 1. The number of carbonyl (C=O) groups is 1. The van der Waals surface area contributed by atoms with Crippen LogP contribution in [0.3, 0.4) is 0 Å². The first-order valence-corrected chi connectivity index (χ1v) is 6.28. The Morgan fingerprint density at radius 3 is 2.76 bits per heavy atom. The molecule has 0 aliphatic rings. The summed E-state index contributed by atoms with van der Waals surface area (Å²) in [5.74, 6) is -2.08. The number of hydrogen-bond acceptors (Lipinski definition) is 5. The number of aromatic nitrogens is 1. The molecule has 9 heteroatoms. The highest BCUT2D eigenvalue weighted by atomic mass is 79.9. The zero-order valence-electron chi connectivity index (χ0n) is 10.2. The summed E-state index contributed by atoms with van der Waals surface area (Å²) >= 11 is 3.13. The van der Waals surface area contributed by atoms with Gasteiger partial charge in [-0.3, -0.25) is 10.1 Å². The molecular weight excluding hydrogens is 349 g/mol. The van der Waals surface area contributed by atoms with Crippen LogP contribution in [0, 0.1) is 15.9 Å². The summed E-state index contributed by atoms with van der Waals surface area (Å²) in [7, 11) is 0. The molecule has 2 N–H and O–H groups in total. The molecule has 1 aromatic carbocycles. The van der Waals surface area contributed by atoms with Crippen LogP contribution in [0.5, 0.6) is 0 Å². The molecule has 0 radical (unpaired) electrons. The van der Waals surface area contributed by atoms with Crippen molar-refractivity contribution < 1.29 is 19.2 Å². The lowest BCUT2D eigenvalue weighted by Crippen LogP contribution is -2.06. The molecule has 108 valence electrons. The topological polar surface area (TPSA) is 105 Å². The fourth-order valence-corrected chi connectivity index (χ4v) is 2.02. The number of halogens is 2. The molecule has 0 aliphatic carbocycles. The molecule has 1 heterocycles. The summed E-state index contributed by atoms with van der Waals surface area (Å²) in [4.78, 5) is 24.6. The second-order valence-corrected chi connectivity index (χ2v) is 4.72. The summed E-state index contributed by atoms with van der Waals surface area (Å²) in [6, 6.07) is 5.24. The minimum absolute atomic E-state index is 0.0243. The van der Waals surface area contributed by atoms with Gasteiger partial charge in [-0.2, -0.15) is 0 Å². The molecule has 0 amide bonds. The van der Waals surface area contributed by atoms with Crippen LogP contribution in [-0.2, 0) is 0 Å². The number of carboxylic acids is 1. The van der Waals surface area contributed by atoms with Crippen LogP contribution in [-0.4, -0.2) is 21.0 Å². The molecule has 0 atom stereocenters. The lowest BCUT2D eigenvalue weighted by Gasteiger charge is -2.09. The van der Waals surface area contributed by atoms with Crippen molar-refractivity contribution in [3.8, 4) is 0 Å². The molecule has 0 saturated heterocycles. The zero-order valence-corrected chi connectivity index (χ0v) is 11.8. The highest BCUT2D eigenvalue weighted by Crippen LogP contribution is 2.29. The summed E-state index contributed by atoms with van der Waals surface area (Å²) in [5, 5.41) is 22.3. The van der Waals surface area contributed by atoms with E-state index in [9.17, 15) is 19.3 Å². The number of nitrogens with zero attached hydrogens (tertiary/aromatic N) is 2. The molecule has 2 aromatic rings. The maximum absolute atomic E-state index is 13.7. The maximum atomic E-state index is 13.7. The van der Waals surface area contributed by atoms with E-state index in [1.165, 1.54) is 12.1 Å². The number of carboxylic acid groups (broad SMARTS) is 1. The predicted octanol–water partition coefficient (Wildman–Crippen LogP) is 3.33. The third-order valence-corrected chi connectivity index (χ3v) is 3.19. The summed E-state index contributed by atoms with van der Waals surface area (Å²) in [5.41, 5.74) is -1.12. The Kier molecular flexibility index (Phi) is 4.13. The zero-order chi connectivity index (χ0) is 15.6. The molecule has 21 heavy (non-hydrogen) atoms. The Bertz CT molecular complexity index is 718. The highest BCUT2D eigenvalue weighted by Gasteiger charge is 2.21. The summed E-state index contributed by atoms with van der Waals surface area (Å²) in [6.07, 6.45) is 0.806. The van der Waals surface area contributed by atoms with E-state index in [0.29, 0.717) is 4.47 Å². The smallest absolute Gasteiger partial charge is 0.342 e. The Balaban J connectivity index is 2.44. The van der Waals surface area contributed by atoms with Gasteiger partial charge in [0, 0.05) is 10.5 Å². The van der Waals surface area contributed by atoms with Gasteiger partial charge in [-0.25, -0.2) is 14.2 Å². The largest absolute Gasteiger partial charge is 0.477 e. The highest BCUT2D eigenvalue weighted by molar-refractivity contribution is 9.10. The van der Waals surface area contributed by atoms with Gasteiger partial charge in [0.05, 0.1) is 10.6 Å². The van der Waals surface area contributed by atoms with Crippen molar-refractivity contribution in [3.63, 3.8) is 0 Å². The van der Waals surface area contributed by atoms with Crippen molar-refractivity contribution in [2.75, 3.05) is 5.32 Å². The van der Waals surface area contributed by atoms with Gasteiger partial charge in [-0.1, -0.05) is 6.07 Å². The first kappa shape index (κ1) is 14.9.